The Morgan fingerprint density at radius 3 is 2.11 bits per heavy atom. The molecule has 1 aromatic carbocycles. The number of ether oxygens (including phenoxy) is 3. The van der Waals surface area contributed by atoms with Crippen molar-refractivity contribution in [2.75, 3.05) is 40.4 Å². The summed E-state index contributed by atoms with van der Waals surface area (Å²) in [6.07, 6.45) is 1.21. The Morgan fingerprint density at radius 2 is 1.54 bits per heavy atom. The summed E-state index contributed by atoms with van der Waals surface area (Å²) in [6, 6.07) is 7.52. The van der Waals surface area contributed by atoms with Gasteiger partial charge in [0.2, 0.25) is 0 Å². The Labute approximate surface area is 168 Å². The molecule has 0 heterocycles. The van der Waals surface area contributed by atoms with Gasteiger partial charge in [-0.3, -0.25) is 4.99 Å². The van der Waals surface area contributed by atoms with E-state index in [1.807, 2.05) is 45.0 Å². The summed E-state index contributed by atoms with van der Waals surface area (Å²) in [4.78, 5) is 15.7. The molecule has 0 fully saturated rings. The highest BCUT2D eigenvalue weighted by molar-refractivity contribution is 5.79. The van der Waals surface area contributed by atoms with Crippen LogP contribution in [0.1, 0.15) is 33.6 Å². The highest BCUT2D eigenvalue weighted by atomic mass is 16.6. The molecule has 158 valence electrons. The third kappa shape index (κ3) is 11.2. The van der Waals surface area contributed by atoms with E-state index in [0.717, 1.165) is 36.8 Å². The van der Waals surface area contributed by atoms with Crippen molar-refractivity contribution in [1.29, 1.82) is 0 Å². The van der Waals surface area contributed by atoms with Crippen LogP contribution >= 0.6 is 0 Å². The topological polar surface area (TPSA) is 93.2 Å². The lowest BCUT2D eigenvalue weighted by Gasteiger charge is -2.19. The predicted octanol–water partition coefficient (Wildman–Crippen LogP) is 2.54. The number of carbonyl (C=O) groups is 1. The Bertz CT molecular complexity index is 597. The van der Waals surface area contributed by atoms with Crippen LogP contribution in [0, 0.1) is 0 Å². The van der Waals surface area contributed by atoms with E-state index in [9.17, 15) is 4.79 Å². The van der Waals surface area contributed by atoms with Crippen molar-refractivity contribution < 1.29 is 19.0 Å². The summed E-state index contributed by atoms with van der Waals surface area (Å²) in [5, 5.41) is 9.16. The van der Waals surface area contributed by atoms with Crippen LogP contribution in [0.15, 0.2) is 29.3 Å². The number of amides is 1. The fourth-order valence-corrected chi connectivity index (χ4v) is 2.16. The van der Waals surface area contributed by atoms with Gasteiger partial charge in [-0.05, 0) is 57.9 Å². The van der Waals surface area contributed by atoms with Gasteiger partial charge < -0.3 is 30.2 Å². The Balaban J connectivity index is 2.07. The fraction of sp³-hybridized carbons (Fsp3) is 0.600. The maximum atomic E-state index is 11.5. The minimum atomic E-state index is -0.481. The maximum absolute atomic E-state index is 11.5. The Kier molecular flexibility index (Phi) is 10.6. The van der Waals surface area contributed by atoms with Crippen LogP contribution in [0.3, 0.4) is 0 Å². The molecule has 0 aliphatic heterocycles. The van der Waals surface area contributed by atoms with Gasteiger partial charge in [0.05, 0.1) is 13.7 Å². The van der Waals surface area contributed by atoms with Gasteiger partial charge in [0.15, 0.2) is 5.96 Å². The fourth-order valence-electron chi connectivity index (χ4n) is 2.16. The molecular formula is C20H34N4O4. The molecule has 0 spiro atoms. The van der Waals surface area contributed by atoms with E-state index >= 15 is 0 Å². The van der Waals surface area contributed by atoms with Crippen LogP contribution in [0.2, 0.25) is 0 Å². The number of alkyl carbamates (subject to hydrolysis) is 1. The van der Waals surface area contributed by atoms with Gasteiger partial charge in [0.25, 0.3) is 0 Å². The molecule has 1 rings (SSSR count). The highest BCUT2D eigenvalue weighted by Crippen LogP contribution is 2.16. The first kappa shape index (κ1) is 23.4. The standard InChI is InChI=1S/C20H34N4O4/c1-20(2,3)28-19(25)24-13-6-12-22-18(21-4)23-14-7-15-27-17-10-8-16(26-5)9-11-17/h8-11H,6-7,12-15H2,1-5H3,(H,24,25)(H2,21,22,23). The summed E-state index contributed by atoms with van der Waals surface area (Å²) in [6.45, 7) is 8.10. The van der Waals surface area contributed by atoms with Crippen LogP contribution in [-0.4, -0.2) is 58.1 Å². The molecule has 3 N–H and O–H groups in total. The molecule has 0 saturated heterocycles. The monoisotopic (exact) mass is 394 g/mol. The number of aliphatic imine (C=N–C) groups is 1. The Hall–Kier alpha value is -2.64. The van der Waals surface area contributed by atoms with Gasteiger partial charge >= 0.3 is 6.09 Å². The molecule has 0 aliphatic rings. The van der Waals surface area contributed by atoms with E-state index in [0.29, 0.717) is 19.7 Å². The van der Waals surface area contributed by atoms with E-state index in [1.54, 1.807) is 14.2 Å². The van der Waals surface area contributed by atoms with Gasteiger partial charge in [-0.2, -0.15) is 0 Å². The molecule has 0 saturated carbocycles. The second-order valence-electron chi connectivity index (χ2n) is 7.09. The molecule has 8 heteroatoms. The van der Waals surface area contributed by atoms with Crippen molar-refractivity contribution in [2.24, 2.45) is 4.99 Å². The summed E-state index contributed by atoms with van der Waals surface area (Å²) < 4.78 is 16.0. The van der Waals surface area contributed by atoms with Crippen molar-refractivity contribution in [2.45, 2.75) is 39.2 Å². The van der Waals surface area contributed by atoms with Crippen molar-refractivity contribution in [3.63, 3.8) is 0 Å². The number of guanidine groups is 1. The second-order valence-corrected chi connectivity index (χ2v) is 7.09. The minimum Gasteiger partial charge on any atom is -0.497 e. The van der Waals surface area contributed by atoms with E-state index in [1.165, 1.54) is 0 Å². The molecule has 0 atom stereocenters. The number of nitrogens with zero attached hydrogens (tertiary/aromatic N) is 1. The lowest BCUT2D eigenvalue weighted by atomic mass is 10.2. The van der Waals surface area contributed by atoms with Crippen LogP contribution in [0.25, 0.3) is 0 Å². The lowest BCUT2D eigenvalue weighted by molar-refractivity contribution is 0.0527. The molecule has 8 nitrogen and oxygen atoms in total. The van der Waals surface area contributed by atoms with Crippen LogP contribution < -0.4 is 25.4 Å². The summed E-state index contributed by atoms with van der Waals surface area (Å²) in [7, 11) is 3.36. The first-order valence-electron chi connectivity index (χ1n) is 9.52. The number of benzene rings is 1. The lowest BCUT2D eigenvalue weighted by Crippen LogP contribution is -2.39. The number of hydrogen-bond acceptors (Lipinski definition) is 5. The third-order valence-corrected chi connectivity index (χ3v) is 3.48. The molecule has 0 aromatic heterocycles. The van der Waals surface area contributed by atoms with Crippen molar-refractivity contribution in [3.05, 3.63) is 24.3 Å². The van der Waals surface area contributed by atoms with Gasteiger partial charge in [-0.15, -0.1) is 0 Å². The predicted molar refractivity (Wildman–Crippen MR) is 111 cm³/mol. The summed E-state index contributed by atoms with van der Waals surface area (Å²) in [5.74, 6) is 2.35. The zero-order chi connectivity index (χ0) is 20.8. The molecule has 0 radical (unpaired) electrons. The number of hydrogen-bond donors (Lipinski definition) is 3. The van der Waals surface area contributed by atoms with Crippen molar-refractivity contribution in [1.82, 2.24) is 16.0 Å². The number of nitrogens with one attached hydrogen (secondary N) is 3. The average molecular weight is 395 g/mol. The van der Waals surface area contributed by atoms with Crippen LogP contribution in [0.5, 0.6) is 11.5 Å². The van der Waals surface area contributed by atoms with Gasteiger partial charge in [0, 0.05) is 26.7 Å². The van der Waals surface area contributed by atoms with E-state index in [2.05, 4.69) is 20.9 Å². The largest absolute Gasteiger partial charge is 0.497 e. The summed E-state index contributed by atoms with van der Waals surface area (Å²) >= 11 is 0. The smallest absolute Gasteiger partial charge is 0.407 e. The molecular weight excluding hydrogens is 360 g/mol. The number of rotatable bonds is 10. The van der Waals surface area contributed by atoms with Gasteiger partial charge in [0.1, 0.15) is 17.1 Å². The number of carbonyl (C=O) groups excluding carboxylic acids is 1. The molecule has 0 bridgehead atoms. The SMILES string of the molecule is CN=C(NCCCNC(=O)OC(C)(C)C)NCCCOc1ccc(OC)cc1. The minimum absolute atomic E-state index is 0.396. The highest BCUT2D eigenvalue weighted by Gasteiger charge is 2.15. The Morgan fingerprint density at radius 1 is 0.964 bits per heavy atom. The molecule has 28 heavy (non-hydrogen) atoms. The second kappa shape index (κ2) is 12.7. The molecule has 1 amide bonds. The molecule has 1 aromatic rings. The van der Waals surface area contributed by atoms with E-state index in [4.69, 9.17) is 14.2 Å². The maximum Gasteiger partial charge on any atom is 0.407 e. The first-order valence-corrected chi connectivity index (χ1v) is 9.52. The van der Waals surface area contributed by atoms with E-state index in [-0.39, 0.29) is 0 Å². The third-order valence-electron chi connectivity index (χ3n) is 3.48. The zero-order valence-corrected chi connectivity index (χ0v) is 17.6. The number of methoxy groups -OCH3 is 1. The van der Waals surface area contributed by atoms with Gasteiger partial charge in [-0.1, -0.05) is 0 Å². The van der Waals surface area contributed by atoms with Crippen molar-refractivity contribution >= 4 is 12.1 Å². The van der Waals surface area contributed by atoms with Crippen LogP contribution in [0.4, 0.5) is 4.79 Å². The zero-order valence-electron chi connectivity index (χ0n) is 17.6. The first-order chi connectivity index (χ1) is 13.3. The average Bonchev–Trinajstić information content (AvgIpc) is 2.65. The van der Waals surface area contributed by atoms with E-state index < -0.39 is 11.7 Å². The normalized spacial score (nSPS) is 11.5. The quantitative estimate of drug-likeness (QED) is 0.321. The van der Waals surface area contributed by atoms with Crippen molar-refractivity contribution in [3.8, 4) is 11.5 Å². The summed E-state index contributed by atoms with van der Waals surface area (Å²) in [5.41, 5.74) is -0.481. The van der Waals surface area contributed by atoms with Crippen LogP contribution in [-0.2, 0) is 4.74 Å². The molecule has 0 unspecified atom stereocenters. The van der Waals surface area contributed by atoms with Gasteiger partial charge in [-0.25, -0.2) is 4.79 Å². The molecule has 0 aliphatic carbocycles.